The van der Waals surface area contributed by atoms with E-state index in [1.807, 2.05) is 42.5 Å². The van der Waals surface area contributed by atoms with E-state index in [0.717, 1.165) is 22.2 Å². The molecule has 5 rings (SSSR count). The summed E-state index contributed by atoms with van der Waals surface area (Å²) < 4.78 is 0. The summed E-state index contributed by atoms with van der Waals surface area (Å²) in [4.78, 5) is 28.5. The number of carbonyl (C=O) groups is 2. The molecular weight excluding hydrogens is 370 g/mol. The highest BCUT2D eigenvalue weighted by atomic mass is 16.3. The zero-order valence-electron chi connectivity index (χ0n) is 15.8. The Balaban J connectivity index is 1.25. The van der Waals surface area contributed by atoms with E-state index in [0.29, 0.717) is 44.6 Å². The van der Waals surface area contributed by atoms with Gasteiger partial charge in [0.15, 0.2) is 0 Å². The van der Waals surface area contributed by atoms with E-state index in [-0.39, 0.29) is 11.8 Å². The molecule has 0 bridgehead atoms. The van der Waals surface area contributed by atoms with Gasteiger partial charge in [0.2, 0.25) is 0 Å². The van der Waals surface area contributed by atoms with Gasteiger partial charge in [0.25, 0.3) is 11.8 Å². The van der Waals surface area contributed by atoms with Crippen LogP contribution in [0.3, 0.4) is 0 Å². The maximum absolute atomic E-state index is 12.8. The fraction of sp³-hybridized carbons (Fsp3) is 0.333. The standard InChI is InChI=1S/C21H21N5O3/c27-19(25-9-11-26(12-10-25)20(28)21(29)7-8-21)15-3-1-14(2-4-15)16-5-6-17-18(13-16)23-24-22-17/h1-6,13,29H,7-12H2,(H,22,23,24). The summed E-state index contributed by atoms with van der Waals surface area (Å²) in [6.45, 7) is 1.88. The molecule has 3 aromatic rings. The normalized spacial score (nSPS) is 18.1. The second-order valence-electron chi connectivity index (χ2n) is 7.74. The lowest BCUT2D eigenvalue weighted by atomic mass is 10.0. The highest BCUT2D eigenvalue weighted by molar-refractivity contribution is 5.95. The maximum Gasteiger partial charge on any atom is 0.254 e. The van der Waals surface area contributed by atoms with Gasteiger partial charge >= 0.3 is 0 Å². The molecule has 1 saturated heterocycles. The topological polar surface area (TPSA) is 102 Å². The van der Waals surface area contributed by atoms with Crippen molar-refractivity contribution in [3.63, 3.8) is 0 Å². The van der Waals surface area contributed by atoms with Crippen molar-refractivity contribution < 1.29 is 14.7 Å². The Kier molecular flexibility index (Phi) is 4.09. The molecule has 0 atom stereocenters. The molecule has 0 radical (unpaired) electrons. The Morgan fingerprint density at radius 2 is 1.59 bits per heavy atom. The number of hydrogen-bond acceptors (Lipinski definition) is 5. The molecule has 2 heterocycles. The van der Waals surface area contributed by atoms with E-state index in [9.17, 15) is 14.7 Å². The number of hydrogen-bond donors (Lipinski definition) is 2. The Labute approximate surface area is 167 Å². The lowest BCUT2D eigenvalue weighted by molar-refractivity contribution is -0.143. The van der Waals surface area contributed by atoms with Crippen molar-refractivity contribution in [2.75, 3.05) is 26.2 Å². The monoisotopic (exact) mass is 391 g/mol. The summed E-state index contributed by atoms with van der Waals surface area (Å²) >= 11 is 0. The van der Waals surface area contributed by atoms with Gasteiger partial charge in [-0.1, -0.05) is 23.4 Å². The number of piperazine rings is 1. The number of rotatable bonds is 3. The first-order chi connectivity index (χ1) is 14.0. The Morgan fingerprint density at radius 1 is 0.931 bits per heavy atom. The van der Waals surface area contributed by atoms with Crippen molar-refractivity contribution >= 4 is 22.8 Å². The number of benzene rings is 2. The maximum atomic E-state index is 12.8. The summed E-state index contributed by atoms with van der Waals surface area (Å²) in [5.41, 5.74) is 3.17. The third-order valence-corrected chi connectivity index (χ3v) is 5.77. The van der Waals surface area contributed by atoms with Crippen LogP contribution in [0, 0.1) is 0 Å². The molecular formula is C21H21N5O3. The van der Waals surface area contributed by atoms with Crippen LogP contribution in [-0.4, -0.2) is 73.9 Å². The quantitative estimate of drug-likeness (QED) is 0.703. The van der Waals surface area contributed by atoms with E-state index in [1.165, 1.54) is 0 Å². The second kappa shape index (κ2) is 6.66. The molecule has 8 nitrogen and oxygen atoms in total. The number of H-pyrrole nitrogens is 1. The number of carbonyl (C=O) groups excluding carboxylic acids is 2. The Hall–Kier alpha value is -3.26. The molecule has 2 amide bonds. The van der Waals surface area contributed by atoms with Gasteiger partial charge < -0.3 is 14.9 Å². The first kappa shape index (κ1) is 17.8. The second-order valence-corrected chi connectivity index (χ2v) is 7.74. The van der Waals surface area contributed by atoms with Gasteiger partial charge in [-0.05, 0) is 48.2 Å². The number of aromatic amines is 1. The lowest BCUT2D eigenvalue weighted by Crippen LogP contribution is -2.53. The predicted octanol–water partition coefficient (Wildman–Crippen LogP) is 1.43. The predicted molar refractivity (Wildman–Crippen MR) is 106 cm³/mol. The first-order valence-corrected chi connectivity index (χ1v) is 9.76. The van der Waals surface area contributed by atoms with E-state index in [4.69, 9.17) is 0 Å². The molecule has 148 valence electrons. The highest BCUT2D eigenvalue weighted by Gasteiger charge is 2.50. The molecule has 1 aliphatic heterocycles. The minimum absolute atomic E-state index is 0.0410. The average molecular weight is 391 g/mol. The Morgan fingerprint density at radius 3 is 2.28 bits per heavy atom. The average Bonchev–Trinajstić information content (AvgIpc) is 3.34. The molecule has 2 aliphatic rings. The summed E-state index contributed by atoms with van der Waals surface area (Å²) in [5, 5.41) is 20.7. The zero-order valence-corrected chi connectivity index (χ0v) is 15.8. The number of fused-ring (bicyclic) bond motifs is 1. The van der Waals surface area contributed by atoms with Crippen molar-refractivity contribution in [3.8, 4) is 11.1 Å². The highest BCUT2D eigenvalue weighted by Crippen LogP contribution is 2.37. The van der Waals surface area contributed by atoms with Gasteiger partial charge in [0.05, 0.1) is 5.52 Å². The van der Waals surface area contributed by atoms with Gasteiger partial charge in [0, 0.05) is 31.7 Å². The van der Waals surface area contributed by atoms with Crippen molar-refractivity contribution in [3.05, 3.63) is 48.0 Å². The summed E-state index contributed by atoms with van der Waals surface area (Å²) in [6.07, 6.45) is 1.09. The van der Waals surface area contributed by atoms with Crippen molar-refractivity contribution in [2.45, 2.75) is 18.4 Å². The summed E-state index contributed by atoms with van der Waals surface area (Å²) in [7, 11) is 0. The summed E-state index contributed by atoms with van der Waals surface area (Å²) in [5.74, 6) is -0.237. The van der Waals surface area contributed by atoms with Crippen LogP contribution in [0.4, 0.5) is 0 Å². The minimum Gasteiger partial charge on any atom is -0.380 e. The number of nitrogens with one attached hydrogen (secondary N) is 1. The molecule has 1 aliphatic carbocycles. The number of amides is 2. The third kappa shape index (κ3) is 3.25. The molecule has 8 heteroatoms. The molecule has 2 fully saturated rings. The number of aliphatic hydroxyl groups is 1. The molecule has 0 unspecified atom stereocenters. The van der Waals surface area contributed by atoms with Gasteiger partial charge in [-0.25, -0.2) is 0 Å². The van der Waals surface area contributed by atoms with Crippen LogP contribution >= 0.6 is 0 Å². The van der Waals surface area contributed by atoms with Crippen molar-refractivity contribution in [1.82, 2.24) is 25.2 Å². The van der Waals surface area contributed by atoms with Crippen molar-refractivity contribution in [2.24, 2.45) is 0 Å². The van der Waals surface area contributed by atoms with E-state index >= 15 is 0 Å². The van der Waals surface area contributed by atoms with Gasteiger partial charge in [0.1, 0.15) is 11.1 Å². The van der Waals surface area contributed by atoms with Crippen LogP contribution in [0.15, 0.2) is 42.5 Å². The van der Waals surface area contributed by atoms with Crippen LogP contribution in [0.1, 0.15) is 23.2 Å². The molecule has 2 N–H and O–H groups in total. The van der Waals surface area contributed by atoms with Crippen LogP contribution < -0.4 is 0 Å². The van der Waals surface area contributed by atoms with Crippen LogP contribution in [-0.2, 0) is 4.79 Å². The third-order valence-electron chi connectivity index (χ3n) is 5.77. The number of nitrogens with zero attached hydrogens (tertiary/aromatic N) is 4. The molecule has 0 spiro atoms. The van der Waals surface area contributed by atoms with Crippen LogP contribution in [0.25, 0.3) is 22.2 Å². The van der Waals surface area contributed by atoms with E-state index in [1.54, 1.807) is 9.80 Å². The molecule has 1 aromatic heterocycles. The first-order valence-electron chi connectivity index (χ1n) is 9.76. The summed E-state index contributed by atoms with van der Waals surface area (Å²) in [6, 6.07) is 13.4. The van der Waals surface area contributed by atoms with Crippen LogP contribution in [0.2, 0.25) is 0 Å². The Bertz CT molecular complexity index is 1080. The largest absolute Gasteiger partial charge is 0.380 e. The smallest absolute Gasteiger partial charge is 0.254 e. The molecule has 29 heavy (non-hydrogen) atoms. The SMILES string of the molecule is O=C(c1ccc(-c2ccc3[nH]nnc3c2)cc1)N1CCN(C(=O)C2(O)CC2)CC1. The molecule has 1 saturated carbocycles. The van der Waals surface area contributed by atoms with E-state index < -0.39 is 5.60 Å². The fourth-order valence-corrected chi connectivity index (χ4v) is 3.75. The van der Waals surface area contributed by atoms with E-state index in [2.05, 4.69) is 15.4 Å². The minimum atomic E-state index is -1.14. The van der Waals surface area contributed by atoms with Gasteiger partial charge in [-0.3, -0.25) is 14.7 Å². The van der Waals surface area contributed by atoms with Gasteiger partial charge in [-0.15, -0.1) is 5.10 Å². The van der Waals surface area contributed by atoms with Crippen molar-refractivity contribution in [1.29, 1.82) is 0 Å². The van der Waals surface area contributed by atoms with Crippen LogP contribution in [0.5, 0.6) is 0 Å². The molecule has 2 aromatic carbocycles. The van der Waals surface area contributed by atoms with Gasteiger partial charge in [-0.2, -0.15) is 0 Å². The zero-order chi connectivity index (χ0) is 20.0. The lowest BCUT2D eigenvalue weighted by Gasteiger charge is -2.35. The fourth-order valence-electron chi connectivity index (χ4n) is 3.75. The number of aromatic nitrogens is 3.